The van der Waals surface area contributed by atoms with Crippen molar-refractivity contribution in [2.45, 2.75) is 43.7 Å². The topological polar surface area (TPSA) is 66.9 Å². The molecule has 7 heteroatoms. The number of nitrogens with zero attached hydrogens (tertiary/aromatic N) is 2. The molecule has 6 nitrogen and oxygen atoms in total. The molecule has 2 aliphatic heterocycles. The Balaban J connectivity index is 1.45. The van der Waals surface area contributed by atoms with E-state index < -0.39 is 11.5 Å². The Bertz CT molecular complexity index is 1060. The molecule has 0 bridgehead atoms. The Kier molecular flexibility index (Phi) is 4.47. The quantitative estimate of drug-likeness (QED) is 0.643. The van der Waals surface area contributed by atoms with Gasteiger partial charge in [0, 0.05) is 16.6 Å². The van der Waals surface area contributed by atoms with Gasteiger partial charge in [-0.3, -0.25) is 24.2 Å². The maximum absolute atomic E-state index is 13.4. The maximum atomic E-state index is 13.4. The lowest BCUT2D eigenvalue weighted by Gasteiger charge is -2.36. The Labute approximate surface area is 182 Å². The molecule has 1 saturated carbocycles. The summed E-state index contributed by atoms with van der Waals surface area (Å²) >= 11 is 3.50. The van der Waals surface area contributed by atoms with Crippen molar-refractivity contribution in [1.82, 2.24) is 4.90 Å². The first kappa shape index (κ1) is 19.3. The van der Waals surface area contributed by atoms with Gasteiger partial charge in [-0.15, -0.1) is 0 Å². The summed E-state index contributed by atoms with van der Waals surface area (Å²) in [5.74, 6) is 0.207. The van der Waals surface area contributed by atoms with Crippen LogP contribution in [0.4, 0.5) is 5.69 Å². The van der Waals surface area contributed by atoms with Crippen LogP contribution < -0.4 is 9.64 Å². The zero-order valence-electron chi connectivity index (χ0n) is 16.6. The van der Waals surface area contributed by atoms with E-state index in [4.69, 9.17) is 4.74 Å². The van der Waals surface area contributed by atoms with Crippen LogP contribution >= 0.6 is 15.9 Å². The molecular formula is C23H21BrN2O4. The van der Waals surface area contributed by atoms with E-state index in [1.807, 2.05) is 30.3 Å². The zero-order valence-corrected chi connectivity index (χ0v) is 18.1. The summed E-state index contributed by atoms with van der Waals surface area (Å²) in [6.07, 6.45) is 2.21. The molecule has 2 heterocycles. The van der Waals surface area contributed by atoms with Crippen molar-refractivity contribution in [2.75, 3.05) is 12.0 Å². The van der Waals surface area contributed by atoms with Crippen molar-refractivity contribution in [3.8, 4) is 5.75 Å². The number of piperidine rings is 1. The van der Waals surface area contributed by atoms with Gasteiger partial charge in [0.1, 0.15) is 11.8 Å². The molecule has 0 N–H and O–H groups in total. The summed E-state index contributed by atoms with van der Waals surface area (Å²) in [4.78, 5) is 42.3. The molecule has 0 aromatic heterocycles. The molecule has 3 aliphatic rings. The molecule has 1 unspecified atom stereocenters. The smallest absolute Gasteiger partial charge is 0.252 e. The van der Waals surface area contributed by atoms with Crippen molar-refractivity contribution in [2.24, 2.45) is 0 Å². The number of hydrogen-bond acceptors (Lipinski definition) is 4. The number of rotatable bonds is 4. The Morgan fingerprint density at radius 3 is 2.50 bits per heavy atom. The van der Waals surface area contributed by atoms with Gasteiger partial charge in [-0.2, -0.15) is 0 Å². The van der Waals surface area contributed by atoms with Crippen LogP contribution in [0.2, 0.25) is 0 Å². The van der Waals surface area contributed by atoms with Gasteiger partial charge in [-0.1, -0.05) is 28.1 Å². The van der Waals surface area contributed by atoms with Crippen molar-refractivity contribution < 1.29 is 19.1 Å². The van der Waals surface area contributed by atoms with Crippen molar-refractivity contribution >= 4 is 39.3 Å². The number of carbonyl (C=O) groups is 3. The molecule has 1 spiro atoms. The number of imide groups is 1. The molecule has 2 fully saturated rings. The summed E-state index contributed by atoms with van der Waals surface area (Å²) in [5, 5.41) is 0. The predicted octanol–water partition coefficient (Wildman–Crippen LogP) is 3.55. The van der Waals surface area contributed by atoms with E-state index in [2.05, 4.69) is 15.9 Å². The van der Waals surface area contributed by atoms with E-state index in [0.717, 1.165) is 34.1 Å². The first-order valence-corrected chi connectivity index (χ1v) is 10.8. The summed E-state index contributed by atoms with van der Waals surface area (Å²) in [5.41, 5.74) is 2.15. The van der Waals surface area contributed by atoms with Crippen LogP contribution in [0.1, 0.15) is 36.8 Å². The molecule has 2 aromatic carbocycles. The van der Waals surface area contributed by atoms with E-state index in [1.54, 1.807) is 24.1 Å². The van der Waals surface area contributed by atoms with Gasteiger partial charge in [-0.05, 0) is 60.7 Å². The summed E-state index contributed by atoms with van der Waals surface area (Å²) in [7, 11) is 1.59. The standard InChI is InChI=1S/C23H21BrN2O4/c1-30-16-5-2-14(3-6-16)13-25-20(27)9-8-19(21(25)28)26-18-7-4-15(24)12-17(18)23(10-11-23)22(26)29/h2-7,12,19H,8-11,13H2,1H3. The number of carbonyl (C=O) groups excluding carboxylic acids is 3. The van der Waals surface area contributed by atoms with Gasteiger partial charge < -0.3 is 4.74 Å². The number of ether oxygens (including phenoxy) is 1. The number of likely N-dealkylation sites (tertiary alicyclic amines) is 1. The second-order valence-electron chi connectivity index (χ2n) is 8.14. The highest BCUT2D eigenvalue weighted by atomic mass is 79.9. The molecule has 3 amide bonds. The van der Waals surface area contributed by atoms with Gasteiger partial charge in [0.2, 0.25) is 11.8 Å². The fraction of sp³-hybridized carbons (Fsp3) is 0.348. The van der Waals surface area contributed by atoms with Gasteiger partial charge in [0.05, 0.1) is 19.1 Å². The third kappa shape index (κ3) is 2.87. The Hall–Kier alpha value is -2.67. The van der Waals surface area contributed by atoms with Crippen molar-refractivity contribution in [1.29, 1.82) is 0 Å². The van der Waals surface area contributed by atoms with Crippen LogP contribution in [-0.2, 0) is 26.3 Å². The third-order valence-corrected chi connectivity index (χ3v) is 6.90. The molecule has 154 valence electrons. The third-order valence-electron chi connectivity index (χ3n) is 6.41. The molecule has 2 aromatic rings. The number of hydrogen-bond donors (Lipinski definition) is 0. The normalized spacial score (nSPS) is 21.9. The molecule has 1 saturated heterocycles. The second kappa shape index (κ2) is 6.94. The van der Waals surface area contributed by atoms with E-state index in [9.17, 15) is 14.4 Å². The van der Waals surface area contributed by atoms with E-state index in [1.165, 1.54) is 4.90 Å². The lowest BCUT2D eigenvalue weighted by Crippen LogP contribution is -2.55. The highest BCUT2D eigenvalue weighted by Crippen LogP contribution is 2.58. The Morgan fingerprint density at radius 2 is 1.83 bits per heavy atom. The van der Waals surface area contributed by atoms with Crippen LogP contribution in [0.5, 0.6) is 5.75 Å². The summed E-state index contributed by atoms with van der Waals surface area (Å²) < 4.78 is 6.09. The SMILES string of the molecule is COc1ccc(CN2C(=O)CCC(N3C(=O)C4(CC4)c4cc(Br)ccc43)C2=O)cc1. The van der Waals surface area contributed by atoms with Gasteiger partial charge in [0.25, 0.3) is 5.91 Å². The fourth-order valence-electron chi connectivity index (χ4n) is 4.62. The van der Waals surface area contributed by atoms with Gasteiger partial charge in [0.15, 0.2) is 0 Å². The van der Waals surface area contributed by atoms with Crippen LogP contribution in [0, 0.1) is 0 Å². The number of amides is 3. The van der Waals surface area contributed by atoms with Crippen LogP contribution in [0.3, 0.4) is 0 Å². The molecule has 0 radical (unpaired) electrons. The van der Waals surface area contributed by atoms with E-state index in [0.29, 0.717) is 12.2 Å². The lowest BCUT2D eigenvalue weighted by molar-refractivity contribution is -0.150. The van der Waals surface area contributed by atoms with E-state index >= 15 is 0 Å². The minimum absolute atomic E-state index is 0.00676. The number of benzene rings is 2. The molecule has 30 heavy (non-hydrogen) atoms. The largest absolute Gasteiger partial charge is 0.497 e. The summed E-state index contributed by atoms with van der Waals surface area (Å²) in [6.45, 7) is 0.193. The van der Waals surface area contributed by atoms with E-state index in [-0.39, 0.29) is 30.7 Å². The van der Waals surface area contributed by atoms with Crippen LogP contribution in [-0.4, -0.2) is 35.8 Å². The minimum Gasteiger partial charge on any atom is -0.497 e. The molecule has 1 atom stereocenters. The number of halogens is 1. The van der Waals surface area contributed by atoms with Gasteiger partial charge in [-0.25, -0.2) is 0 Å². The van der Waals surface area contributed by atoms with Gasteiger partial charge >= 0.3 is 0 Å². The van der Waals surface area contributed by atoms with Crippen LogP contribution in [0.15, 0.2) is 46.9 Å². The lowest BCUT2D eigenvalue weighted by atomic mass is 9.98. The fourth-order valence-corrected chi connectivity index (χ4v) is 4.98. The Morgan fingerprint density at radius 1 is 1.10 bits per heavy atom. The highest BCUT2D eigenvalue weighted by molar-refractivity contribution is 9.10. The zero-order chi connectivity index (χ0) is 21.0. The summed E-state index contributed by atoms with van der Waals surface area (Å²) in [6, 6.07) is 12.4. The highest BCUT2D eigenvalue weighted by Gasteiger charge is 2.61. The van der Waals surface area contributed by atoms with Crippen molar-refractivity contribution in [3.05, 3.63) is 58.1 Å². The number of fused-ring (bicyclic) bond motifs is 2. The number of methoxy groups -OCH3 is 1. The second-order valence-corrected chi connectivity index (χ2v) is 9.06. The van der Waals surface area contributed by atoms with Crippen LogP contribution in [0.25, 0.3) is 0 Å². The molecule has 1 aliphatic carbocycles. The average Bonchev–Trinajstić information content (AvgIpc) is 3.52. The monoisotopic (exact) mass is 468 g/mol. The molecular weight excluding hydrogens is 448 g/mol. The predicted molar refractivity (Wildman–Crippen MR) is 114 cm³/mol. The first-order valence-electron chi connectivity index (χ1n) is 10.1. The minimum atomic E-state index is -0.645. The maximum Gasteiger partial charge on any atom is 0.252 e. The average molecular weight is 469 g/mol. The molecule has 5 rings (SSSR count). The first-order chi connectivity index (χ1) is 14.4. The van der Waals surface area contributed by atoms with Crippen molar-refractivity contribution in [3.63, 3.8) is 0 Å². The number of anilines is 1.